The summed E-state index contributed by atoms with van der Waals surface area (Å²) < 4.78 is 37.8. The Bertz CT molecular complexity index is 351. The number of hydrogen-bond acceptors (Lipinski definition) is 3. The van der Waals surface area contributed by atoms with Gasteiger partial charge in [-0.05, 0) is 31.5 Å². The molecule has 1 aromatic heterocycles. The van der Waals surface area contributed by atoms with E-state index in [-0.39, 0.29) is 12.6 Å². The van der Waals surface area contributed by atoms with Crippen molar-refractivity contribution in [1.82, 2.24) is 9.88 Å². The predicted octanol–water partition coefficient (Wildman–Crippen LogP) is 2.35. The maximum atomic E-state index is 12.6. The van der Waals surface area contributed by atoms with Gasteiger partial charge in [0.25, 0.3) is 0 Å². The van der Waals surface area contributed by atoms with Crippen molar-refractivity contribution in [1.29, 1.82) is 0 Å². The molecule has 0 saturated heterocycles. The third-order valence-electron chi connectivity index (χ3n) is 2.74. The number of hydrogen-bond donors (Lipinski definition) is 1. The molecule has 0 saturated carbocycles. The molecule has 102 valence electrons. The normalized spacial score (nSPS) is 14.2. The van der Waals surface area contributed by atoms with Crippen LogP contribution in [0.25, 0.3) is 0 Å². The molecule has 0 aliphatic rings. The molecule has 2 N–H and O–H groups in total. The highest BCUT2D eigenvalue weighted by atomic mass is 19.4. The largest absolute Gasteiger partial charge is 0.401 e. The maximum absolute atomic E-state index is 12.6. The van der Waals surface area contributed by atoms with E-state index in [0.29, 0.717) is 0 Å². The lowest BCUT2D eigenvalue weighted by molar-refractivity contribution is -0.155. The zero-order chi connectivity index (χ0) is 13.8. The second kappa shape index (κ2) is 6.15. The lowest BCUT2D eigenvalue weighted by Crippen LogP contribution is -2.44. The van der Waals surface area contributed by atoms with Gasteiger partial charge in [0.15, 0.2) is 0 Å². The third-order valence-corrected chi connectivity index (χ3v) is 2.74. The predicted molar refractivity (Wildman–Crippen MR) is 63.9 cm³/mol. The number of alkyl halides is 3. The maximum Gasteiger partial charge on any atom is 0.401 e. The Labute approximate surface area is 105 Å². The van der Waals surface area contributed by atoms with Crippen molar-refractivity contribution in [2.45, 2.75) is 32.1 Å². The van der Waals surface area contributed by atoms with E-state index in [9.17, 15) is 13.2 Å². The summed E-state index contributed by atoms with van der Waals surface area (Å²) in [7, 11) is 0. The second-order valence-electron chi connectivity index (χ2n) is 4.41. The molecule has 18 heavy (non-hydrogen) atoms. The summed E-state index contributed by atoms with van der Waals surface area (Å²) >= 11 is 0. The highest BCUT2D eigenvalue weighted by Crippen LogP contribution is 2.26. The molecule has 3 nitrogen and oxygen atoms in total. The van der Waals surface area contributed by atoms with Crippen LogP contribution in [0.15, 0.2) is 24.5 Å². The van der Waals surface area contributed by atoms with Gasteiger partial charge in [-0.2, -0.15) is 13.2 Å². The van der Waals surface area contributed by atoms with Crippen molar-refractivity contribution in [3.63, 3.8) is 0 Å². The van der Waals surface area contributed by atoms with Crippen molar-refractivity contribution < 1.29 is 13.2 Å². The molecular formula is C12H18F3N3. The SMILES string of the molecule is CC(C)N(CC(F)(F)F)C(CN)c1ccncc1. The summed E-state index contributed by atoms with van der Waals surface area (Å²) in [6.45, 7) is 2.64. The van der Waals surface area contributed by atoms with E-state index in [1.54, 1.807) is 38.4 Å². The van der Waals surface area contributed by atoms with Crippen LogP contribution in [-0.4, -0.2) is 35.2 Å². The first-order chi connectivity index (χ1) is 8.35. The Morgan fingerprint density at radius 3 is 2.22 bits per heavy atom. The average molecular weight is 261 g/mol. The molecule has 0 aliphatic heterocycles. The Morgan fingerprint density at radius 2 is 1.83 bits per heavy atom. The summed E-state index contributed by atoms with van der Waals surface area (Å²) in [5.41, 5.74) is 6.39. The standard InChI is InChI=1S/C12H18F3N3/c1-9(2)18(8-12(13,14)15)11(7-16)10-3-5-17-6-4-10/h3-6,9,11H,7-8,16H2,1-2H3. The van der Waals surface area contributed by atoms with E-state index < -0.39 is 18.8 Å². The summed E-state index contributed by atoms with van der Waals surface area (Å²) in [5, 5.41) is 0. The monoisotopic (exact) mass is 261 g/mol. The van der Waals surface area contributed by atoms with E-state index in [1.165, 1.54) is 4.90 Å². The van der Waals surface area contributed by atoms with Crippen LogP contribution in [-0.2, 0) is 0 Å². The van der Waals surface area contributed by atoms with Gasteiger partial charge < -0.3 is 5.73 Å². The van der Waals surface area contributed by atoms with Gasteiger partial charge in [0.05, 0.1) is 6.54 Å². The fourth-order valence-electron chi connectivity index (χ4n) is 1.91. The lowest BCUT2D eigenvalue weighted by Gasteiger charge is -2.35. The van der Waals surface area contributed by atoms with Crippen LogP contribution in [0, 0.1) is 0 Å². The van der Waals surface area contributed by atoms with Gasteiger partial charge in [0, 0.05) is 31.0 Å². The zero-order valence-electron chi connectivity index (χ0n) is 10.5. The molecule has 1 atom stereocenters. The van der Waals surface area contributed by atoms with E-state index >= 15 is 0 Å². The highest BCUT2D eigenvalue weighted by Gasteiger charge is 2.35. The number of pyridine rings is 1. The highest BCUT2D eigenvalue weighted by molar-refractivity contribution is 5.16. The molecule has 0 amide bonds. The van der Waals surface area contributed by atoms with Crippen LogP contribution in [0.1, 0.15) is 25.5 Å². The van der Waals surface area contributed by atoms with E-state index in [2.05, 4.69) is 4.98 Å². The van der Waals surface area contributed by atoms with Gasteiger partial charge in [-0.25, -0.2) is 0 Å². The van der Waals surface area contributed by atoms with Crippen molar-refractivity contribution in [3.8, 4) is 0 Å². The summed E-state index contributed by atoms with van der Waals surface area (Å²) in [6.07, 6.45) is -1.11. The minimum atomic E-state index is -4.23. The van der Waals surface area contributed by atoms with E-state index in [4.69, 9.17) is 5.73 Å². The van der Waals surface area contributed by atoms with Crippen molar-refractivity contribution in [2.24, 2.45) is 5.73 Å². The van der Waals surface area contributed by atoms with Gasteiger partial charge in [0.1, 0.15) is 0 Å². The van der Waals surface area contributed by atoms with Crippen molar-refractivity contribution >= 4 is 0 Å². The van der Waals surface area contributed by atoms with Crippen LogP contribution in [0.5, 0.6) is 0 Å². The van der Waals surface area contributed by atoms with E-state index in [1.807, 2.05) is 0 Å². The van der Waals surface area contributed by atoms with Gasteiger partial charge >= 0.3 is 6.18 Å². The molecule has 0 bridgehead atoms. The average Bonchev–Trinajstić information content (AvgIpc) is 2.28. The van der Waals surface area contributed by atoms with Gasteiger partial charge in [-0.15, -0.1) is 0 Å². The van der Waals surface area contributed by atoms with Crippen LogP contribution in [0.4, 0.5) is 13.2 Å². The van der Waals surface area contributed by atoms with Gasteiger partial charge in [-0.1, -0.05) is 0 Å². The molecule has 1 heterocycles. The van der Waals surface area contributed by atoms with Gasteiger partial charge in [-0.3, -0.25) is 9.88 Å². The van der Waals surface area contributed by atoms with Crippen molar-refractivity contribution in [2.75, 3.05) is 13.1 Å². The number of aromatic nitrogens is 1. The molecule has 0 aliphatic carbocycles. The number of nitrogens with zero attached hydrogens (tertiary/aromatic N) is 2. The third kappa shape index (κ3) is 4.27. The first-order valence-electron chi connectivity index (χ1n) is 5.77. The Kier molecular flexibility index (Phi) is 5.10. The zero-order valence-corrected chi connectivity index (χ0v) is 10.5. The van der Waals surface area contributed by atoms with Crippen LogP contribution >= 0.6 is 0 Å². The van der Waals surface area contributed by atoms with E-state index in [0.717, 1.165) is 5.56 Å². The quantitative estimate of drug-likeness (QED) is 0.884. The first-order valence-corrected chi connectivity index (χ1v) is 5.77. The van der Waals surface area contributed by atoms with Crippen molar-refractivity contribution in [3.05, 3.63) is 30.1 Å². The van der Waals surface area contributed by atoms with Crippen LogP contribution < -0.4 is 5.73 Å². The fourth-order valence-corrected chi connectivity index (χ4v) is 1.91. The molecule has 1 aromatic rings. The molecule has 6 heteroatoms. The fraction of sp³-hybridized carbons (Fsp3) is 0.583. The minimum Gasteiger partial charge on any atom is -0.329 e. The smallest absolute Gasteiger partial charge is 0.329 e. The molecule has 0 aromatic carbocycles. The molecule has 1 unspecified atom stereocenters. The molecular weight excluding hydrogens is 243 g/mol. The molecule has 0 radical (unpaired) electrons. The summed E-state index contributed by atoms with van der Waals surface area (Å²) in [4.78, 5) is 5.22. The summed E-state index contributed by atoms with van der Waals surface area (Å²) in [6, 6.07) is 2.70. The Hall–Kier alpha value is -1.14. The topological polar surface area (TPSA) is 42.1 Å². The van der Waals surface area contributed by atoms with Crippen LogP contribution in [0.3, 0.4) is 0 Å². The molecule has 0 fully saturated rings. The lowest BCUT2D eigenvalue weighted by atomic mass is 10.1. The molecule has 1 rings (SSSR count). The summed E-state index contributed by atoms with van der Waals surface area (Å²) in [5.74, 6) is 0. The molecule has 0 spiro atoms. The Morgan fingerprint density at radius 1 is 1.28 bits per heavy atom. The Balaban J connectivity index is 2.95. The minimum absolute atomic E-state index is 0.137. The second-order valence-corrected chi connectivity index (χ2v) is 4.41. The van der Waals surface area contributed by atoms with Gasteiger partial charge in [0.2, 0.25) is 0 Å². The van der Waals surface area contributed by atoms with Crippen LogP contribution in [0.2, 0.25) is 0 Å². The number of rotatable bonds is 5. The number of nitrogens with two attached hydrogens (primary N) is 1. The first kappa shape index (κ1) is 14.9. The number of halogens is 3.